The first kappa shape index (κ1) is 13.5. The van der Waals surface area contributed by atoms with E-state index in [1.54, 1.807) is 7.11 Å². The van der Waals surface area contributed by atoms with Gasteiger partial charge in [-0.3, -0.25) is 0 Å². The van der Waals surface area contributed by atoms with Crippen LogP contribution >= 0.6 is 15.9 Å². The fourth-order valence-corrected chi connectivity index (χ4v) is 1.92. The summed E-state index contributed by atoms with van der Waals surface area (Å²) in [4.78, 5) is 0. The van der Waals surface area contributed by atoms with Crippen LogP contribution in [0.3, 0.4) is 0 Å². The molecule has 0 aliphatic heterocycles. The molecule has 0 spiro atoms. The van der Waals surface area contributed by atoms with Crippen molar-refractivity contribution in [3.05, 3.63) is 29.3 Å². The third kappa shape index (κ3) is 3.80. The number of benzene rings is 1. The number of halogens is 1. The van der Waals surface area contributed by atoms with Gasteiger partial charge in [-0.1, -0.05) is 41.9 Å². The third-order valence-corrected chi connectivity index (χ3v) is 3.03. The molecule has 2 nitrogen and oxygen atoms in total. The van der Waals surface area contributed by atoms with Crippen molar-refractivity contribution in [2.24, 2.45) is 0 Å². The average molecular weight is 286 g/mol. The van der Waals surface area contributed by atoms with E-state index in [9.17, 15) is 0 Å². The summed E-state index contributed by atoms with van der Waals surface area (Å²) >= 11 is 3.35. The molecule has 1 aromatic carbocycles. The Hall–Kier alpha value is -0.540. The van der Waals surface area contributed by atoms with E-state index < -0.39 is 0 Å². The van der Waals surface area contributed by atoms with Crippen LogP contribution in [0.5, 0.6) is 5.75 Å². The van der Waals surface area contributed by atoms with Crippen molar-refractivity contribution in [2.75, 3.05) is 19.1 Å². The first-order chi connectivity index (χ1) is 7.69. The lowest BCUT2D eigenvalue weighted by molar-refractivity contribution is 0.409. The highest BCUT2D eigenvalue weighted by atomic mass is 79.9. The lowest BCUT2D eigenvalue weighted by Gasteiger charge is -2.12. The van der Waals surface area contributed by atoms with Gasteiger partial charge in [-0.15, -0.1) is 0 Å². The second kappa shape index (κ2) is 6.92. The van der Waals surface area contributed by atoms with Crippen molar-refractivity contribution < 1.29 is 4.74 Å². The molecular weight excluding hydrogens is 266 g/mol. The highest BCUT2D eigenvalue weighted by Gasteiger charge is 2.06. The maximum Gasteiger partial charge on any atom is 0.122 e. The van der Waals surface area contributed by atoms with Crippen LogP contribution in [0.1, 0.15) is 30.9 Å². The second-order valence-corrected chi connectivity index (χ2v) is 4.67. The van der Waals surface area contributed by atoms with Crippen LogP contribution in [0.15, 0.2) is 18.2 Å². The molecule has 0 aliphatic carbocycles. The number of ether oxygens (including phenoxy) is 1. The molecule has 0 aromatic heterocycles. The Morgan fingerprint density at radius 3 is 2.69 bits per heavy atom. The number of alkyl halides is 1. The minimum atomic E-state index is 0.564. The Morgan fingerprint density at radius 1 is 1.38 bits per heavy atom. The smallest absolute Gasteiger partial charge is 0.122 e. The molecule has 0 fully saturated rings. The van der Waals surface area contributed by atoms with Gasteiger partial charge in [-0.2, -0.15) is 0 Å². The Labute approximate surface area is 107 Å². The molecule has 1 aromatic rings. The largest absolute Gasteiger partial charge is 0.496 e. The molecular formula is C13H20BrNO. The van der Waals surface area contributed by atoms with Crippen LogP contribution in [-0.2, 0) is 6.42 Å². The molecule has 1 rings (SSSR count). The van der Waals surface area contributed by atoms with Crippen LogP contribution in [0.4, 0.5) is 0 Å². The van der Waals surface area contributed by atoms with Gasteiger partial charge in [0.1, 0.15) is 5.75 Å². The molecule has 0 amide bonds. The van der Waals surface area contributed by atoms with Gasteiger partial charge in [0, 0.05) is 6.54 Å². The predicted molar refractivity (Wildman–Crippen MR) is 72.6 cm³/mol. The van der Waals surface area contributed by atoms with Gasteiger partial charge in [0.2, 0.25) is 0 Å². The molecule has 0 radical (unpaired) electrons. The van der Waals surface area contributed by atoms with Crippen LogP contribution in [0.25, 0.3) is 0 Å². The minimum Gasteiger partial charge on any atom is -0.496 e. The number of hydrogen-bond acceptors (Lipinski definition) is 2. The first-order valence-corrected chi connectivity index (χ1v) is 6.74. The van der Waals surface area contributed by atoms with E-state index >= 15 is 0 Å². The van der Waals surface area contributed by atoms with E-state index in [0.29, 0.717) is 5.92 Å². The average Bonchev–Trinajstić information content (AvgIpc) is 2.29. The minimum absolute atomic E-state index is 0.564. The van der Waals surface area contributed by atoms with Gasteiger partial charge >= 0.3 is 0 Å². The van der Waals surface area contributed by atoms with Crippen LogP contribution in [0.2, 0.25) is 0 Å². The molecule has 0 bridgehead atoms. The number of methoxy groups -OCH3 is 1. The molecule has 16 heavy (non-hydrogen) atoms. The van der Waals surface area contributed by atoms with Crippen molar-refractivity contribution in [3.8, 4) is 5.75 Å². The highest BCUT2D eigenvalue weighted by Crippen LogP contribution is 2.24. The zero-order chi connectivity index (χ0) is 12.0. The Bertz CT molecular complexity index is 326. The van der Waals surface area contributed by atoms with E-state index in [2.05, 4.69) is 53.3 Å². The summed E-state index contributed by atoms with van der Waals surface area (Å²) in [7, 11) is 1.73. The molecule has 0 saturated heterocycles. The SMILES string of the molecule is COc1ccc(C(C)C)cc1CCNCBr. The van der Waals surface area contributed by atoms with Gasteiger partial charge in [0.15, 0.2) is 0 Å². The number of hydrogen-bond donors (Lipinski definition) is 1. The van der Waals surface area contributed by atoms with Gasteiger partial charge in [-0.05, 0) is 29.5 Å². The predicted octanol–water partition coefficient (Wildman–Crippen LogP) is 3.30. The van der Waals surface area contributed by atoms with Crippen LogP contribution in [-0.4, -0.2) is 19.1 Å². The standard InChI is InChI=1S/C13H20BrNO/c1-10(2)11-4-5-13(16-3)12(8-11)6-7-15-9-14/h4-5,8,10,15H,6-7,9H2,1-3H3. The first-order valence-electron chi connectivity index (χ1n) is 5.62. The van der Waals surface area contributed by atoms with Crippen molar-refractivity contribution in [2.45, 2.75) is 26.2 Å². The monoisotopic (exact) mass is 285 g/mol. The lowest BCUT2D eigenvalue weighted by atomic mass is 9.99. The zero-order valence-electron chi connectivity index (χ0n) is 10.2. The molecule has 0 saturated carbocycles. The van der Waals surface area contributed by atoms with E-state index in [0.717, 1.165) is 24.2 Å². The highest BCUT2D eigenvalue weighted by molar-refractivity contribution is 9.09. The molecule has 0 unspecified atom stereocenters. The normalized spacial score (nSPS) is 10.8. The quantitative estimate of drug-likeness (QED) is 0.492. The van der Waals surface area contributed by atoms with E-state index in [1.807, 2.05) is 0 Å². The van der Waals surface area contributed by atoms with Crippen LogP contribution in [0, 0.1) is 0 Å². The molecule has 0 aliphatic rings. The molecule has 1 N–H and O–H groups in total. The summed E-state index contributed by atoms with van der Waals surface area (Å²) < 4.78 is 5.37. The van der Waals surface area contributed by atoms with E-state index in [1.165, 1.54) is 11.1 Å². The zero-order valence-corrected chi connectivity index (χ0v) is 11.8. The number of nitrogens with one attached hydrogen (secondary N) is 1. The second-order valence-electron chi connectivity index (χ2n) is 4.11. The van der Waals surface area contributed by atoms with Crippen molar-refractivity contribution in [1.82, 2.24) is 5.32 Å². The maximum atomic E-state index is 5.37. The van der Waals surface area contributed by atoms with Crippen molar-refractivity contribution >= 4 is 15.9 Å². The maximum absolute atomic E-state index is 5.37. The van der Waals surface area contributed by atoms with Gasteiger partial charge < -0.3 is 10.1 Å². The summed E-state index contributed by atoms with van der Waals surface area (Å²) in [6.45, 7) is 5.38. The summed E-state index contributed by atoms with van der Waals surface area (Å²) in [6.07, 6.45) is 0.995. The molecule has 3 heteroatoms. The van der Waals surface area contributed by atoms with Gasteiger partial charge in [0.25, 0.3) is 0 Å². The summed E-state index contributed by atoms with van der Waals surface area (Å²) in [6, 6.07) is 6.46. The van der Waals surface area contributed by atoms with Crippen LogP contribution < -0.4 is 10.1 Å². The van der Waals surface area contributed by atoms with Gasteiger partial charge in [0.05, 0.1) is 12.6 Å². The van der Waals surface area contributed by atoms with Gasteiger partial charge in [-0.25, -0.2) is 0 Å². The Morgan fingerprint density at radius 2 is 2.12 bits per heavy atom. The fourth-order valence-electron chi connectivity index (χ4n) is 1.64. The van der Waals surface area contributed by atoms with Crippen molar-refractivity contribution in [1.29, 1.82) is 0 Å². The molecule has 0 atom stereocenters. The summed E-state index contributed by atoms with van der Waals surface area (Å²) in [5.74, 6) is 1.55. The molecule has 90 valence electrons. The third-order valence-electron chi connectivity index (χ3n) is 2.64. The summed E-state index contributed by atoms with van der Waals surface area (Å²) in [5, 5.41) is 3.26. The van der Waals surface area contributed by atoms with Crippen molar-refractivity contribution in [3.63, 3.8) is 0 Å². The topological polar surface area (TPSA) is 21.3 Å². The van der Waals surface area contributed by atoms with E-state index in [4.69, 9.17) is 4.74 Å². The van der Waals surface area contributed by atoms with E-state index in [-0.39, 0.29) is 0 Å². The Kier molecular flexibility index (Phi) is 5.85. The fraction of sp³-hybridized carbons (Fsp3) is 0.538. The number of rotatable bonds is 6. The summed E-state index contributed by atoms with van der Waals surface area (Å²) in [5.41, 5.74) is 3.48. The molecule has 0 heterocycles. The Balaban J connectivity index is 2.80. The lowest BCUT2D eigenvalue weighted by Crippen LogP contribution is -2.15.